The first-order chi connectivity index (χ1) is 18.5. The van der Waals surface area contributed by atoms with Gasteiger partial charge in [-0.05, 0) is 49.2 Å². The van der Waals surface area contributed by atoms with Crippen molar-refractivity contribution in [2.75, 3.05) is 58.2 Å². The molecular formula is C29H37N5O3S. The number of aromatic nitrogens is 1. The number of carbonyl (C=O) groups is 2. The molecule has 1 unspecified atom stereocenters. The van der Waals surface area contributed by atoms with Crippen LogP contribution in [0.15, 0.2) is 60.2 Å². The second-order valence-electron chi connectivity index (χ2n) is 9.44. The number of anilines is 1. The van der Waals surface area contributed by atoms with Gasteiger partial charge in [-0.1, -0.05) is 24.3 Å². The predicted molar refractivity (Wildman–Crippen MR) is 152 cm³/mol. The number of hydrogen-bond donors (Lipinski definition) is 1. The van der Waals surface area contributed by atoms with Crippen molar-refractivity contribution in [2.45, 2.75) is 26.3 Å². The Labute approximate surface area is 229 Å². The van der Waals surface area contributed by atoms with Crippen LogP contribution in [-0.4, -0.2) is 84.6 Å². The first-order valence-corrected chi connectivity index (χ1v) is 14.0. The molecule has 0 spiro atoms. The molecule has 1 N–H and O–H groups in total. The fraction of sp³-hybridized carbons (Fsp3) is 0.414. The summed E-state index contributed by atoms with van der Waals surface area (Å²) in [5.74, 6) is 0.138. The number of rotatable bonds is 10. The van der Waals surface area contributed by atoms with Crippen LogP contribution in [0.4, 0.5) is 10.5 Å². The molecule has 2 heterocycles. The maximum absolute atomic E-state index is 12.9. The van der Waals surface area contributed by atoms with Crippen molar-refractivity contribution < 1.29 is 14.3 Å². The summed E-state index contributed by atoms with van der Waals surface area (Å²) in [5, 5.41) is 2.78. The van der Waals surface area contributed by atoms with Crippen LogP contribution in [-0.2, 0) is 11.3 Å². The quantitative estimate of drug-likeness (QED) is 0.404. The number of ether oxygens (including phenoxy) is 1. The van der Waals surface area contributed by atoms with E-state index in [9.17, 15) is 9.59 Å². The number of hydrogen-bond acceptors (Lipinski definition) is 7. The molecule has 0 bridgehead atoms. The lowest BCUT2D eigenvalue weighted by molar-refractivity contribution is 0.0773. The fourth-order valence-electron chi connectivity index (χ4n) is 4.89. The van der Waals surface area contributed by atoms with Crippen molar-refractivity contribution in [3.63, 3.8) is 0 Å². The zero-order chi connectivity index (χ0) is 26.9. The van der Waals surface area contributed by atoms with Gasteiger partial charge in [-0.25, -0.2) is 4.79 Å². The lowest BCUT2D eigenvalue weighted by Gasteiger charge is -2.36. The Bertz CT molecular complexity index is 1170. The SMILES string of the molecule is CCN(CC)C(=O)c1ccc(C(CN2CCN(Cc3cncs3)CC2)c2cccc(NC(=O)OC)c2)cc1. The normalized spacial score (nSPS) is 15.1. The Hall–Kier alpha value is -3.27. The summed E-state index contributed by atoms with van der Waals surface area (Å²) in [7, 11) is 1.36. The highest BCUT2D eigenvalue weighted by Crippen LogP contribution is 2.29. The lowest BCUT2D eigenvalue weighted by atomic mass is 9.89. The van der Waals surface area contributed by atoms with Crippen molar-refractivity contribution >= 4 is 29.0 Å². The molecule has 3 aromatic rings. The fourth-order valence-corrected chi connectivity index (χ4v) is 5.52. The zero-order valence-corrected chi connectivity index (χ0v) is 23.2. The third-order valence-electron chi connectivity index (χ3n) is 7.10. The van der Waals surface area contributed by atoms with Gasteiger partial charge in [0.2, 0.25) is 0 Å². The first-order valence-electron chi connectivity index (χ1n) is 13.2. The van der Waals surface area contributed by atoms with Crippen molar-refractivity contribution in [3.05, 3.63) is 81.8 Å². The number of amides is 2. The van der Waals surface area contributed by atoms with Gasteiger partial charge in [-0.2, -0.15) is 0 Å². The van der Waals surface area contributed by atoms with Crippen LogP contribution < -0.4 is 5.32 Å². The van der Waals surface area contributed by atoms with Gasteiger partial charge in [0.1, 0.15) is 0 Å². The molecule has 202 valence electrons. The molecule has 1 saturated heterocycles. The highest BCUT2D eigenvalue weighted by Gasteiger charge is 2.24. The van der Waals surface area contributed by atoms with Crippen molar-refractivity contribution in [3.8, 4) is 0 Å². The van der Waals surface area contributed by atoms with Crippen LogP contribution in [0.1, 0.15) is 46.1 Å². The van der Waals surface area contributed by atoms with Crippen LogP contribution in [0.2, 0.25) is 0 Å². The van der Waals surface area contributed by atoms with E-state index in [0.717, 1.165) is 50.4 Å². The lowest BCUT2D eigenvalue weighted by Crippen LogP contribution is -2.47. The van der Waals surface area contributed by atoms with Gasteiger partial charge in [0.25, 0.3) is 5.91 Å². The second kappa shape index (κ2) is 13.5. The van der Waals surface area contributed by atoms with Crippen molar-refractivity contribution in [2.24, 2.45) is 0 Å². The number of benzene rings is 2. The Morgan fingerprint density at radius 1 is 1.03 bits per heavy atom. The van der Waals surface area contributed by atoms with Crippen molar-refractivity contribution in [1.29, 1.82) is 0 Å². The molecule has 4 rings (SSSR count). The molecule has 0 radical (unpaired) electrons. The van der Waals surface area contributed by atoms with Crippen LogP contribution >= 0.6 is 11.3 Å². The van der Waals surface area contributed by atoms with Crippen LogP contribution in [0.5, 0.6) is 0 Å². The highest BCUT2D eigenvalue weighted by atomic mass is 32.1. The second-order valence-corrected chi connectivity index (χ2v) is 10.4. The molecule has 0 saturated carbocycles. The van der Waals surface area contributed by atoms with E-state index < -0.39 is 6.09 Å². The minimum atomic E-state index is -0.491. The number of nitrogens with zero attached hydrogens (tertiary/aromatic N) is 4. The van der Waals surface area contributed by atoms with E-state index in [4.69, 9.17) is 4.74 Å². The van der Waals surface area contributed by atoms with E-state index in [-0.39, 0.29) is 11.8 Å². The molecule has 8 nitrogen and oxygen atoms in total. The van der Waals surface area contributed by atoms with E-state index in [1.54, 1.807) is 11.3 Å². The predicted octanol–water partition coefficient (Wildman–Crippen LogP) is 4.75. The van der Waals surface area contributed by atoms with Crippen LogP contribution in [0.25, 0.3) is 0 Å². The smallest absolute Gasteiger partial charge is 0.411 e. The average Bonchev–Trinajstić information content (AvgIpc) is 3.46. The summed E-state index contributed by atoms with van der Waals surface area (Å²) in [6, 6.07) is 15.9. The summed E-state index contributed by atoms with van der Waals surface area (Å²) in [6.07, 6.45) is 1.46. The minimum absolute atomic E-state index is 0.0550. The maximum atomic E-state index is 12.9. The van der Waals surface area contributed by atoms with Gasteiger partial charge in [0, 0.05) is 80.6 Å². The van der Waals surface area contributed by atoms with E-state index in [0.29, 0.717) is 24.3 Å². The molecule has 2 aromatic carbocycles. The highest BCUT2D eigenvalue weighted by molar-refractivity contribution is 7.09. The standard InChI is InChI=1S/C29H37N5O3S/c1-4-34(5-2)28(35)23-11-9-22(10-12-23)27(24-7-6-8-25(17-24)31-29(36)37-3)20-33-15-13-32(14-16-33)19-26-18-30-21-38-26/h6-12,17-18,21,27H,4-5,13-16,19-20H2,1-3H3,(H,31,36). The number of piperazine rings is 1. The Balaban J connectivity index is 1.53. The van der Waals surface area contributed by atoms with Gasteiger partial charge in [0.15, 0.2) is 0 Å². The summed E-state index contributed by atoms with van der Waals surface area (Å²) in [6.45, 7) is 11.1. The topological polar surface area (TPSA) is 78.0 Å². The third kappa shape index (κ3) is 7.18. The zero-order valence-electron chi connectivity index (χ0n) is 22.4. The monoisotopic (exact) mass is 535 g/mol. The number of nitrogens with one attached hydrogen (secondary N) is 1. The van der Waals surface area contributed by atoms with E-state index in [1.807, 2.05) is 60.8 Å². The summed E-state index contributed by atoms with van der Waals surface area (Å²) < 4.78 is 4.78. The number of carbonyl (C=O) groups excluding carboxylic acids is 2. The Kier molecular flexibility index (Phi) is 9.86. The van der Waals surface area contributed by atoms with Gasteiger partial charge in [0.05, 0.1) is 12.6 Å². The van der Waals surface area contributed by atoms with E-state index in [1.165, 1.54) is 12.0 Å². The number of thiazole rings is 1. The van der Waals surface area contributed by atoms with Gasteiger partial charge in [-0.15, -0.1) is 11.3 Å². The van der Waals surface area contributed by atoms with Crippen LogP contribution in [0, 0.1) is 0 Å². The molecule has 1 aromatic heterocycles. The summed E-state index contributed by atoms with van der Waals surface area (Å²) in [5.41, 5.74) is 5.54. The van der Waals surface area contributed by atoms with Gasteiger partial charge < -0.3 is 9.64 Å². The van der Waals surface area contributed by atoms with E-state index in [2.05, 4.69) is 38.3 Å². The molecular weight excluding hydrogens is 498 g/mol. The molecule has 9 heteroatoms. The maximum Gasteiger partial charge on any atom is 0.411 e. The van der Waals surface area contributed by atoms with Crippen LogP contribution in [0.3, 0.4) is 0 Å². The average molecular weight is 536 g/mol. The number of methoxy groups -OCH3 is 1. The largest absolute Gasteiger partial charge is 0.453 e. The van der Waals surface area contributed by atoms with Crippen molar-refractivity contribution in [1.82, 2.24) is 19.7 Å². The first kappa shape index (κ1) is 27.8. The van der Waals surface area contributed by atoms with Gasteiger partial charge in [-0.3, -0.25) is 24.9 Å². The molecule has 1 atom stereocenters. The third-order valence-corrected chi connectivity index (χ3v) is 7.86. The minimum Gasteiger partial charge on any atom is -0.453 e. The molecule has 2 amide bonds. The summed E-state index contributed by atoms with van der Waals surface area (Å²) in [4.78, 5) is 37.0. The van der Waals surface area contributed by atoms with Gasteiger partial charge >= 0.3 is 6.09 Å². The summed E-state index contributed by atoms with van der Waals surface area (Å²) >= 11 is 1.70. The molecule has 1 aliphatic rings. The molecule has 1 aliphatic heterocycles. The Morgan fingerprint density at radius 2 is 1.74 bits per heavy atom. The molecule has 1 fully saturated rings. The molecule has 0 aliphatic carbocycles. The Morgan fingerprint density at radius 3 is 2.37 bits per heavy atom. The van der Waals surface area contributed by atoms with E-state index >= 15 is 0 Å². The molecule has 38 heavy (non-hydrogen) atoms.